The standard InChI is InChI=1S/C15H21NO3S2/c1-4-6-13-16(11(8-20-13)15(18)19)14(17)12-7-10(5-2)9(3)21-12/h7,11,13H,4-6,8H2,1-3H3,(H,18,19). The molecule has 1 aromatic heterocycles. The molecule has 1 saturated heterocycles. The number of hydrogen-bond acceptors (Lipinski definition) is 4. The third-order valence-corrected chi connectivity index (χ3v) is 6.20. The van der Waals surface area contributed by atoms with Crippen LogP contribution in [0, 0.1) is 6.92 Å². The SMILES string of the molecule is CCCC1SCC(C(=O)O)N1C(=O)c1cc(CC)c(C)s1. The summed E-state index contributed by atoms with van der Waals surface area (Å²) in [4.78, 5) is 27.6. The van der Waals surface area contributed by atoms with E-state index in [4.69, 9.17) is 0 Å². The number of thiophene rings is 1. The molecule has 0 aliphatic carbocycles. The van der Waals surface area contributed by atoms with Crippen LogP contribution in [0.4, 0.5) is 0 Å². The molecular formula is C15H21NO3S2. The van der Waals surface area contributed by atoms with Gasteiger partial charge in [-0.1, -0.05) is 20.3 Å². The van der Waals surface area contributed by atoms with E-state index in [1.165, 1.54) is 16.9 Å². The number of nitrogens with zero attached hydrogens (tertiary/aromatic N) is 1. The average molecular weight is 327 g/mol. The van der Waals surface area contributed by atoms with Gasteiger partial charge in [-0.2, -0.15) is 0 Å². The van der Waals surface area contributed by atoms with Crippen LogP contribution in [0.5, 0.6) is 0 Å². The highest BCUT2D eigenvalue weighted by molar-refractivity contribution is 8.00. The van der Waals surface area contributed by atoms with Gasteiger partial charge in [0, 0.05) is 10.6 Å². The largest absolute Gasteiger partial charge is 0.480 e. The second-order valence-corrected chi connectivity index (χ2v) is 7.66. The molecule has 2 atom stereocenters. The van der Waals surface area contributed by atoms with Gasteiger partial charge in [0.2, 0.25) is 0 Å². The summed E-state index contributed by atoms with van der Waals surface area (Å²) < 4.78 is 0. The molecule has 0 bridgehead atoms. The lowest BCUT2D eigenvalue weighted by molar-refractivity contribution is -0.141. The molecule has 2 rings (SSSR count). The lowest BCUT2D eigenvalue weighted by Crippen LogP contribution is -2.45. The van der Waals surface area contributed by atoms with Crippen molar-refractivity contribution in [2.24, 2.45) is 0 Å². The van der Waals surface area contributed by atoms with Crippen molar-refractivity contribution >= 4 is 35.0 Å². The van der Waals surface area contributed by atoms with E-state index in [0.29, 0.717) is 10.6 Å². The molecule has 1 aliphatic heterocycles. The molecule has 1 amide bonds. The fraction of sp³-hybridized carbons (Fsp3) is 0.600. The van der Waals surface area contributed by atoms with Crippen LogP contribution in [0.25, 0.3) is 0 Å². The van der Waals surface area contributed by atoms with Gasteiger partial charge < -0.3 is 10.0 Å². The second kappa shape index (κ2) is 6.83. The minimum absolute atomic E-state index is 0.0175. The Morgan fingerprint density at radius 2 is 2.14 bits per heavy atom. The first-order valence-corrected chi connectivity index (χ1v) is 9.12. The summed E-state index contributed by atoms with van der Waals surface area (Å²) in [5, 5.41) is 9.35. The lowest BCUT2D eigenvalue weighted by Gasteiger charge is -2.26. The first-order chi connectivity index (χ1) is 9.99. The molecule has 0 saturated carbocycles. The minimum atomic E-state index is -0.904. The summed E-state index contributed by atoms with van der Waals surface area (Å²) in [6.45, 7) is 6.13. The summed E-state index contributed by atoms with van der Waals surface area (Å²) in [6.07, 6.45) is 2.67. The zero-order valence-corrected chi connectivity index (χ0v) is 14.2. The minimum Gasteiger partial charge on any atom is -0.480 e. The first kappa shape index (κ1) is 16.4. The van der Waals surface area contributed by atoms with Crippen LogP contribution in [0.2, 0.25) is 0 Å². The number of amides is 1. The molecule has 1 aromatic rings. The molecule has 1 aliphatic rings. The molecule has 2 unspecified atom stereocenters. The van der Waals surface area contributed by atoms with Crippen molar-refractivity contribution in [1.29, 1.82) is 0 Å². The highest BCUT2D eigenvalue weighted by Crippen LogP contribution is 2.35. The predicted octanol–water partition coefficient (Wildman–Crippen LogP) is 3.39. The molecule has 0 spiro atoms. The van der Waals surface area contributed by atoms with E-state index in [1.807, 2.05) is 13.0 Å². The van der Waals surface area contributed by atoms with E-state index in [9.17, 15) is 14.7 Å². The lowest BCUT2D eigenvalue weighted by atomic mass is 10.2. The number of aliphatic carboxylic acids is 1. The Balaban J connectivity index is 2.29. The summed E-state index contributed by atoms with van der Waals surface area (Å²) in [5.41, 5.74) is 1.18. The Labute approximate surface area is 133 Å². The Bertz CT molecular complexity index is 541. The molecule has 1 fully saturated rings. The molecule has 116 valence electrons. The quantitative estimate of drug-likeness (QED) is 0.900. The van der Waals surface area contributed by atoms with Crippen LogP contribution in [0.3, 0.4) is 0 Å². The summed E-state index contributed by atoms with van der Waals surface area (Å²) in [5.74, 6) is -0.548. The number of rotatable bonds is 5. The molecular weight excluding hydrogens is 306 g/mol. The smallest absolute Gasteiger partial charge is 0.327 e. The number of carbonyl (C=O) groups is 2. The fourth-order valence-electron chi connectivity index (χ4n) is 2.60. The number of carboxylic acids is 1. The monoisotopic (exact) mass is 327 g/mol. The van der Waals surface area contributed by atoms with Gasteiger partial charge >= 0.3 is 5.97 Å². The Hall–Kier alpha value is -1.01. The zero-order valence-electron chi connectivity index (χ0n) is 12.6. The van der Waals surface area contributed by atoms with E-state index in [2.05, 4.69) is 13.8 Å². The van der Waals surface area contributed by atoms with Crippen molar-refractivity contribution in [1.82, 2.24) is 4.90 Å². The highest BCUT2D eigenvalue weighted by Gasteiger charge is 2.41. The number of aryl methyl sites for hydroxylation is 2. The molecule has 6 heteroatoms. The maximum atomic E-state index is 12.8. The molecule has 1 N–H and O–H groups in total. The van der Waals surface area contributed by atoms with E-state index < -0.39 is 12.0 Å². The van der Waals surface area contributed by atoms with E-state index >= 15 is 0 Å². The van der Waals surface area contributed by atoms with Crippen LogP contribution in [0.15, 0.2) is 6.07 Å². The normalized spacial score (nSPS) is 21.8. The molecule has 4 nitrogen and oxygen atoms in total. The molecule has 2 heterocycles. The summed E-state index contributed by atoms with van der Waals surface area (Å²) in [7, 11) is 0. The Morgan fingerprint density at radius 1 is 1.43 bits per heavy atom. The van der Waals surface area contributed by atoms with E-state index in [-0.39, 0.29) is 11.3 Å². The van der Waals surface area contributed by atoms with Crippen LogP contribution in [-0.4, -0.2) is 39.1 Å². The van der Waals surface area contributed by atoms with Crippen molar-refractivity contribution in [2.75, 3.05) is 5.75 Å². The van der Waals surface area contributed by atoms with E-state index in [0.717, 1.165) is 24.1 Å². The fourth-order valence-corrected chi connectivity index (χ4v) is 5.17. The maximum absolute atomic E-state index is 12.8. The topological polar surface area (TPSA) is 57.6 Å². The van der Waals surface area contributed by atoms with Crippen LogP contribution >= 0.6 is 23.1 Å². The van der Waals surface area contributed by atoms with Gasteiger partial charge in [0.05, 0.1) is 10.3 Å². The Kier molecular flexibility index (Phi) is 5.32. The maximum Gasteiger partial charge on any atom is 0.327 e. The summed E-state index contributed by atoms with van der Waals surface area (Å²) >= 11 is 3.05. The van der Waals surface area contributed by atoms with Crippen molar-refractivity contribution in [3.05, 3.63) is 21.4 Å². The number of carboxylic acid groups (broad SMARTS) is 1. The van der Waals surface area contributed by atoms with Gasteiger partial charge in [-0.25, -0.2) is 4.79 Å². The van der Waals surface area contributed by atoms with Crippen LogP contribution in [-0.2, 0) is 11.2 Å². The number of thioether (sulfide) groups is 1. The van der Waals surface area contributed by atoms with Crippen LogP contribution < -0.4 is 0 Å². The zero-order chi connectivity index (χ0) is 15.6. The van der Waals surface area contributed by atoms with Gasteiger partial charge in [0.25, 0.3) is 5.91 Å². The van der Waals surface area contributed by atoms with Crippen molar-refractivity contribution in [3.8, 4) is 0 Å². The third kappa shape index (κ3) is 3.26. The highest BCUT2D eigenvalue weighted by atomic mass is 32.2. The van der Waals surface area contributed by atoms with Crippen molar-refractivity contribution < 1.29 is 14.7 Å². The van der Waals surface area contributed by atoms with Crippen molar-refractivity contribution in [2.45, 2.75) is 51.4 Å². The third-order valence-electron chi connectivity index (χ3n) is 3.76. The van der Waals surface area contributed by atoms with Gasteiger partial charge in [-0.15, -0.1) is 23.1 Å². The number of hydrogen-bond donors (Lipinski definition) is 1. The molecule has 21 heavy (non-hydrogen) atoms. The first-order valence-electron chi connectivity index (χ1n) is 7.25. The van der Waals surface area contributed by atoms with Gasteiger partial charge in [0.15, 0.2) is 0 Å². The summed E-state index contributed by atoms with van der Waals surface area (Å²) in [6, 6.07) is 1.22. The van der Waals surface area contributed by atoms with Gasteiger partial charge in [-0.05, 0) is 31.4 Å². The second-order valence-electron chi connectivity index (χ2n) is 5.19. The Morgan fingerprint density at radius 3 is 2.67 bits per heavy atom. The average Bonchev–Trinajstić information content (AvgIpc) is 3.02. The van der Waals surface area contributed by atoms with Gasteiger partial charge in [-0.3, -0.25) is 4.79 Å². The van der Waals surface area contributed by atoms with E-state index in [1.54, 1.807) is 16.7 Å². The molecule has 0 aromatic carbocycles. The number of carbonyl (C=O) groups excluding carboxylic acids is 1. The molecule has 0 radical (unpaired) electrons. The predicted molar refractivity (Wildman–Crippen MR) is 87.2 cm³/mol. The van der Waals surface area contributed by atoms with Gasteiger partial charge in [0.1, 0.15) is 6.04 Å². The van der Waals surface area contributed by atoms with Crippen molar-refractivity contribution in [3.63, 3.8) is 0 Å². The van der Waals surface area contributed by atoms with Crippen LogP contribution in [0.1, 0.15) is 46.8 Å².